The number of fused-ring (bicyclic) bond motifs is 1. The highest BCUT2D eigenvalue weighted by molar-refractivity contribution is 5.79. The van der Waals surface area contributed by atoms with E-state index >= 15 is 0 Å². The molecule has 0 saturated heterocycles. The van der Waals surface area contributed by atoms with Crippen LogP contribution in [0.5, 0.6) is 0 Å². The van der Waals surface area contributed by atoms with Crippen molar-refractivity contribution in [2.45, 2.75) is 38.1 Å². The molecule has 16 heavy (non-hydrogen) atoms. The number of nitrogens with zero attached hydrogens (tertiary/aromatic N) is 2. The van der Waals surface area contributed by atoms with E-state index in [4.69, 9.17) is 5.73 Å². The van der Waals surface area contributed by atoms with Gasteiger partial charge in [-0.3, -0.25) is 0 Å². The molecular weight excluding hydrogens is 198 g/mol. The fourth-order valence-corrected chi connectivity index (χ4v) is 2.69. The maximum Gasteiger partial charge on any atom is 0.0960 e. The molecule has 1 heterocycles. The number of nitrogen functional groups attached to an aromatic ring is 1. The molecule has 0 amide bonds. The first-order valence-electron chi connectivity index (χ1n) is 6.07. The largest absolute Gasteiger partial charge is 0.399 e. The second-order valence-electron chi connectivity index (χ2n) is 4.69. The van der Waals surface area contributed by atoms with Gasteiger partial charge in [0.1, 0.15) is 0 Å². The molecule has 1 aromatic carbocycles. The molecule has 1 fully saturated rings. The first kappa shape index (κ1) is 9.70. The number of imidazole rings is 1. The zero-order valence-electron chi connectivity index (χ0n) is 9.39. The van der Waals surface area contributed by atoms with Crippen LogP contribution in [0.2, 0.25) is 0 Å². The molecule has 1 aliphatic carbocycles. The predicted molar refractivity (Wildman–Crippen MR) is 66.3 cm³/mol. The molecule has 0 aliphatic heterocycles. The molecule has 0 spiro atoms. The molecule has 3 rings (SSSR count). The van der Waals surface area contributed by atoms with Crippen molar-refractivity contribution >= 4 is 16.7 Å². The van der Waals surface area contributed by atoms with E-state index < -0.39 is 0 Å². The summed E-state index contributed by atoms with van der Waals surface area (Å²) in [5, 5.41) is 0. The molecule has 1 aliphatic rings. The monoisotopic (exact) mass is 215 g/mol. The molecular formula is C13H17N3. The quantitative estimate of drug-likeness (QED) is 0.743. The Bertz CT molecular complexity index is 495. The SMILES string of the molecule is Nc1ccc2ncn(C3CCCCC3)c2c1. The zero-order valence-corrected chi connectivity index (χ0v) is 9.39. The maximum atomic E-state index is 5.84. The number of hydrogen-bond acceptors (Lipinski definition) is 2. The normalized spacial score (nSPS) is 18.0. The van der Waals surface area contributed by atoms with Gasteiger partial charge in [-0.1, -0.05) is 19.3 Å². The molecule has 0 atom stereocenters. The van der Waals surface area contributed by atoms with Crippen LogP contribution in [0.1, 0.15) is 38.1 Å². The van der Waals surface area contributed by atoms with Crippen LogP contribution >= 0.6 is 0 Å². The maximum absolute atomic E-state index is 5.84. The fraction of sp³-hybridized carbons (Fsp3) is 0.462. The molecule has 1 aromatic heterocycles. The van der Waals surface area contributed by atoms with E-state index in [1.807, 2.05) is 24.5 Å². The van der Waals surface area contributed by atoms with Crippen LogP contribution in [0, 0.1) is 0 Å². The molecule has 2 N–H and O–H groups in total. The minimum atomic E-state index is 0.626. The average Bonchev–Trinajstić information content (AvgIpc) is 2.73. The number of aromatic nitrogens is 2. The number of rotatable bonds is 1. The first-order chi connectivity index (χ1) is 7.84. The smallest absolute Gasteiger partial charge is 0.0960 e. The predicted octanol–water partition coefficient (Wildman–Crippen LogP) is 3.12. The van der Waals surface area contributed by atoms with Gasteiger partial charge in [-0.2, -0.15) is 0 Å². The van der Waals surface area contributed by atoms with E-state index in [1.54, 1.807) is 0 Å². The zero-order chi connectivity index (χ0) is 11.0. The van der Waals surface area contributed by atoms with Gasteiger partial charge in [0.2, 0.25) is 0 Å². The summed E-state index contributed by atoms with van der Waals surface area (Å²) in [6, 6.07) is 6.59. The highest BCUT2D eigenvalue weighted by Crippen LogP contribution is 2.31. The summed E-state index contributed by atoms with van der Waals surface area (Å²) in [6.07, 6.45) is 8.59. The fourth-order valence-electron chi connectivity index (χ4n) is 2.69. The van der Waals surface area contributed by atoms with Gasteiger partial charge in [0.25, 0.3) is 0 Å². The van der Waals surface area contributed by atoms with Crippen LogP contribution in [0.3, 0.4) is 0 Å². The molecule has 0 radical (unpaired) electrons. The summed E-state index contributed by atoms with van der Waals surface area (Å²) in [4.78, 5) is 4.44. The van der Waals surface area contributed by atoms with E-state index in [0.29, 0.717) is 6.04 Å². The van der Waals surface area contributed by atoms with Gasteiger partial charge in [-0.05, 0) is 31.0 Å². The second-order valence-corrected chi connectivity index (χ2v) is 4.69. The molecule has 84 valence electrons. The van der Waals surface area contributed by atoms with Crippen molar-refractivity contribution < 1.29 is 0 Å². The third kappa shape index (κ3) is 1.56. The Labute approximate surface area is 95.3 Å². The lowest BCUT2D eigenvalue weighted by atomic mass is 9.95. The average molecular weight is 215 g/mol. The molecule has 3 heteroatoms. The highest BCUT2D eigenvalue weighted by Gasteiger charge is 2.17. The molecule has 3 nitrogen and oxygen atoms in total. The van der Waals surface area contributed by atoms with Gasteiger partial charge in [0.05, 0.1) is 17.4 Å². The van der Waals surface area contributed by atoms with Crippen LogP contribution < -0.4 is 5.73 Å². The number of anilines is 1. The van der Waals surface area contributed by atoms with E-state index in [9.17, 15) is 0 Å². The van der Waals surface area contributed by atoms with Crippen LogP contribution in [0.25, 0.3) is 11.0 Å². The van der Waals surface area contributed by atoms with Crippen LogP contribution in [0.15, 0.2) is 24.5 Å². The van der Waals surface area contributed by atoms with Crippen molar-refractivity contribution in [3.8, 4) is 0 Å². The lowest BCUT2D eigenvalue weighted by Crippen LogP contribution is -2.11. The third-order valence-electron chi connectivity index (χ3n) is 3.57. The topological polar surface area (TPSA) is 43.8 Å². The van der Waals surface area contributed by atoms with Crippen LogP contribution in [-0.2, 0) is 0 Å². The number of hydrogen-bond donors (Lipinski definition) is 1. The molecule has 0 bridgehead atoms. The Hall–Kier alpha value is -1.51. The van der Waals surface area contributed by atoms with Gasteiger partial charge >= 0.3 is 0 Å². The van der Waals surface area contributed by atoms with Crippen LogP contribution in [-0.4, -0.2) is 9.55 Å². The number of benzene rings is 1. The van der Waals surface area contributed by atoms with Gasteiger partial charge in [0, 0.05) is 11.7 Å². The van der Waals surface area contributed by atoms with Gasteiger partial charge in [-0.25, -0.2) is 4.98 Å². The van der Waals surface area contributed by atoms with E-state index in [-0.39, 0.29) is 0 Å². The van der Waals surface area contributed by atoms with Gasteiger partial charge in [0.15, 0.2) is 0 Å². The molecule has 1 saturated carbocycles. The van der Waals surface area contributed by atoms with Crippen molar-refractivity contribution in [1.82, 2.24) is 9.55 Å². The van der Waals surface area contributed by atoms with Crippen molar-refractivity contribution in [3.05, 3.63) is 24.5 Å². The summed E-state index contributed by atoms with van der Waals surface area (Å²) in [5.41, 5.74) is 8.91. The lowest BCUT2D eigenvalue weighted by molar-refractivity contribution is 0.359. The Morgan fingerprint density at radius 1 is 1.19 bits per heavy atom. The standard InChI is InChI=1S/C13H17N3/c14-10-6-7-12-13(8-10)16(9-15-12)11-4-2-1-3-5-11/h6-9,11H,1-5,14H2. The van der Waals surface area contributed by atoms with Gasteiger partial charge < -0.3 is 10.3 Å². The molecule has 0 unspecified atom stereocenters. The van der Waals surface area contributed by atoms with E-state index in [2.05, 4.69) is 9.55 Å². The first-order valence-corrected chi connectivity index (χ1v) is 6.07. The lowest BCUT2D eigenvalue weighted by Gasteiger charge is -2.23. The second kappa shape index (κ2) is 3.81. The van der Waals surface area contributed by atoms with Crippen LogP contribution in [0.4, 0.5) is 5.69 Å². The Balaban J connectivity index is 2.05. The van der Waals surface area contributed by atoms with E-state index in [1.165, 1.54) is 37.6 Å². The minimum absolute atomic E-state index is 0.626. The summed E-state index contributed by atoms with van der Waals surface area (Å²) >= 11 is 0. The summed E-state index contributed by atoms with van der Waals surface area (Å²) < 4.78 is 2.31. The Morgan fingerprint density at radius 2 is 2.00 bits per heavy atom. The minimum Gasteiger partial charge on any atom is -0.399 e. The highest BCUT2D eigenvalue weighted by atomic mass is 15.1. The Kier molecular flexibility index (Phi) is 2.31. The van der Waals surface area contributed by atoms with Crippen molar-refractivity contribution in [2.75, 3.05) is 5.73 Å². The Morgan fingerprint density at radius 3 is 2.81 bits per heavy atom. The number of nitrogens with two attached hydrogens (primary N) is 1. The molecule has 2 aromatic rings. The van der Waals surface area contributed by atoms with Crippen molar-refractivity contribution in [3.63, 3.8) is 0 Å². The third-order valence-corrected chi connectivity index (χ3v) is 3.57. The van der Waals surface area contributed by atoms with E-state index in [0.717, 1.165) is 11.2 Å². The van der Waals surface area contributed by atoms with Crippen molar-refractivity contribution in [2.24, 2.45) is 0 Å². The van der Waals surface area contributed by atoms with Gasteiger partial charge in [-0.15, -0.1) is 0 Å². The summed E-state index contributed by atoms with van der Waals surface area (Å²) in [6.45, 7) is 0. The van der Waals surface area contributed by atoms with Crippen molar-refractivity contribution in [1.29, 1.82) is 0 Å². The summed E-state index contributed by atoms with van der Waals surface area (Å²) in [7, 11) is 0. The summed E-state index contributed by atoms with van der Waals surface area (Å²) in [5.74, 6) is 0.